The van der Waals surface area contributed by atoms with Crippen LogP contribution in [-0.4, -0.2) is 81.8 Å². The number of carbonyl (C=O) groups is 1. The molecule has 1 fully saturated rings. The number of benzene rings is 1. The molecule has 1 aliphatic heterocycles. The fraction of sp³-hybridized carbons (Fsp3) is 0.292. The SMILES string of the molecule is C=CC(=O)N1CCN(CC#Cc2cc3nc(-c4cccc(O)c4)nc(NCCO)c3s2)CC1. The van der Waals surface area contributed by atoms with Crippen LogP contribution in [-0.2, 0) is 4.79 Å². The first kappa shape index (κ1) is 22.7. The maximum Gasteiger partial charge on any atom is 0.246 e. The van der Waals surface area contributed by atoms with Crippen molar-refractivity contribution in [1.29, 1.82) is 0 Å². The second kappa shape index (κ2) is 10.4. The zero-order valence-electron chi connectivity index (χ0n) is 18.1. The smallest absolute Gasteiger partial charge is 0.246 e. The summed E-state index contributed by atoms with van der Waals surface area (Å²) in [7, 11) is 0. The Kier molecular flexibility index (Phi) is 7.19. The molecule has 0 bridgehead atoms. The predicted molar refractivity (Wildman–Crippen MR) is 130 cm³/mol. The van der Waals surface area contributed by atoms with Gasteiger partial charge >= 0.3 is 0 Å². The second-order valence-electron chi connectivity index (χ2n) is 7.53. The lowest BCUT2D eigenvalue weighted by molar-refractivity contribution is -0.127. The van der Waals surface area contributed by atoms with Crippen LogP contribution in [0.25, 0.3) is 21.6 Å². The van der Waals surface area contributed by atoms with E-state index in [1.165, 1.54) is 17.4 Å². The second-order valence-corrected chi connectivity index (χ2v) is 8.58. The first-order valence-corrected chi connectivity index (χ1v) is 11.5. The van der Waals surface area contributed by atoms with E-state index in [4.69, 9.17) is 0 Å². The summed E-state index contributed by atoms with van der Waals surface area (Å²) >= 11 is 1.50. The number of fused-ring (bicyclic) bond motifs is 1. The molecule has 3 aromatic rings. The van der Waals surface area contributed by atoms with Crippen LogP contribution in [0.4, 0.5) is 5.82 Å². The highest BCUT2D eigenvalue weighted by Crippen LogP contribution is 2.32. The Morgan fingerprint density at radius 1 is 1.24 bits per heavy atom. The number of hydrogen-bond acceptors (Lipinski definition) is 8. The van der Waals surface area contributed by atoms with Crippen LogP contribution in [0.5, 0.6) is 5.75 Å². The molecule has 1 amide bonds. The molecule has 4 rings (SSSR count). The fourth-order valence-electron chi connectivity index (χ4n) is 3.55. The predicted octanol–water partition coefficient (Wildman–Crippen LogP) is 2.15. The zero-order valence-corrected chi connectivity index (χ0v) is 18.9. The van der Waals surface area contributed by atoms with E-state index in [1.807, 2.05) is 12.1 Å². The number of carbonyl (C=O) groups excluding carboxylic acids is 1. The van der Waals surface area contributed by atoms with Crippen molar-refractivity contribution in [2.75, 3.05) is 51.2 Å². The van der Waals surface area contributed by atoms with Crippen molar-refractivity contribution >= 4 is 33.3 Å². The number of nitrogens with one attached hydrogen (secondary N) is 1. The Labute approximate surface area is 196 Å². The first-order chi connectivity index (χ1) is 16.1. The summed E-state index contributed by atoms with van der Waals surface area (Å²) < 4.78 is 0.869. The largest absolute Gasteiger partial charge is 0.508 e. The van der Waals surface area contributed by atoms with Crippen molar-refractivity contribution < 1.29 is 15.0 Å². The number of piperazine rings is 1. The Bertz CT molecular complexity index is 1220. The van der Waals surface area contributed by atoms with E-state index in [0.717, 1.165) is 28.2 Å². The molecule has 8 nitrogen and oxygen atoms in total. The summed E-state index contributed by atoms with van der Waals surface area (Å²) in [5, 5.41) is 22.2. The topological polar surface area (TPSA) is 102 Å². The lowest BCUT2D eigenvalue weighted by Gasteiger charge is -2.33. The molecule has 0 aliphatic carbocycles. The Balaban J connectivity index is 1.53. The number of hydrogen-bond donors (Lipinski definition) is 3. The average molecular weight is 464 g/mol. The summed E-state index contributed by atoms with van der Waals surface area (Å²) in [6, 6.07) is 8.74. The average Bonchev–Trinajstić information content (AvgIpc) is 3.25. The van der Waals surface area contributed by atoms with Crippen molar-refractivity contribution in [2.24, 2.45) is 0 Å². The minimum absolute atomic E-state index is 0.0172. The first-order valence-electron chi connectivity index (χ1n) is 10.7. The highest BCUT2D eigenvalue weighted by atomic mass is 32.1. The molecule has 33 heavy (non-hydrogen) atoms. The van der Waals surface area contributed by atoms with Gasteiger partial charge in [0.1, 0.15) is 11.6 Å². The van der Waals surface area contributed by atoms with E-state index < -0.39 is 0 Å². The highest BCUT2D eigenvalue weighted by molar-refractivity contribution is 7.20. The number of rotatable bonds is 6. The van der Waals surface area contributed by atoms with Gasteiger partial charge in [0.2, 0.25) is 5.91 Å². The van der Waals surface area contributed by atoms with Gasteiger partial charge in [0.25, 0.3) is 0 Å². The van der Waals surface area contributed by atoms with Crippen molar-refractivity contribution in [1.82, 2.24) is 19.8 Å². The Morgan fingerprint density at radius 2 is 2.06 bits per heavy atom. The van der Waals surface area contributed by atoms with Gasteiger partial charge in [-0.25, -0.2) is 9.97 Å². The van der Waals surface area contributed by atoms with Crippen molar-refractivity contribution in [3.63, 3.8) is 0 Å². The number of amides is 1. The minimum atomic E-state index is -0.0252. The molecule has 1 aromatic carbocycles. The van der Waals surface area contributed by atoms with E-state index in [9.17, 15) is 15.0 Å². The van der Waals surface area contributed by atoms with Crippen molar-refractivity contribution in [2.45, 2.75) is 0 Å². The standard InChI is InChI=1S/C24H25N5O3S/c1-2-21(32)29-12-10-28(11-13-29)9-4-7-19-16-20-22(33-19)24(25-8-14-30)27-23(26-20)17-5-3-6-18(31)15-17/h2-3,5-6,15-16,30-31H,1,8-14H2,(H,25,26,27). The molecular weight excluding hydrogens is 438 g/mol. The minimum Gasteiger partial charge on any atom is -0.508 e. The molecule has 9 heteroatoms. The number of aromatic hydroxyl groups is 1. The Morgan fingerprint density at radius 3 is 2.79 bits per heavy atom. The summed E-state index contributed by atoms with van der Waals surface area (Å²) in [5.41, 5.74) is 1.46. The normalized spacial score (nSPS) is 14.0. The lowest BCUT2D eigenvalue weighted by atomic mass is 10.2. The molecule has 0 atom stereocenters. The molecular formula is C24H25N5O3S. The molecule has 3 N–H and O–H groups in total. The number of phenols is 1. The van der Waals surface area contributed by atoms with Gasteiger partial charge < -0.3 is 20.4 Å². The van der Waals surface area contributed by atoms with E-state index in [0.29, 0.717) is 43.4 Å². The van der Waals surface area contributed by atoms with E-state index in [2.05, 4.69) is 38.6 Å². The highest BCUT2D eigenvalue weighted by Gasteiger charge is 2.18. The van der Waals surface area contributed by atoms with Gasteiger partial charge in [-0.1, -0.05) is 30.6 Å². The van der Waals surface area contributed by atoms with Gasteiger partial charge in [0.15, 0.2) is 5.82 Å². The maximum atomic E-state index is 11.7. The molecule has 0 spiro atoms. The third kappa shape index (κ3) is 5.49. The molecule has 170 valence electrons. The van der Waals surface area contributed by atoms with Crippen LogP contribution < -0.4 is 5.32 Å². The molecule has 2 aromatic heterocycles. The molecule has 3 heterocycles. The van der Waals surface area contributed by atoms with Crippen LogP contribution in [0.2, 0.25) is 0 Å². The molecule has 0 unspecified atom stereocenters. The summed E-state index contributed by atoms with van der Waals surface area (Å²) in [5.74, 6) is 7.69. The zero-order chi connectivity index (χ0) is 23.2. The molecule has 1 saturated heterocycles. The molecule has 0 radical (unpaired) electrons. The third-order valence-corrected chi connectivity index (χ3v) is 6.30. The number of thiophene rings is 1. The summed E-state index contributed by atoms with van der Waals surface area (Å²) in [4.78, 5) is 25.9. The monoisotopic (exact) mass is 463 g/mol. The fourth-order valence-corrected chi connectivity index (χ4v) is 4.49. The number of aliphatic hydroxyl groups is 1. The van der Waals surface area contributed by atoms with Gasteiger partial charge in [-0.2, -0.15) is 0 Å². The van der Waals surface area contributed by atoms with Crippen LogP contribution in [0.15, 0.2) is 43.0 Å². The maximum absolute atomic E-state index is 11.7. The van der Waals surface area contributed by atoms with Crippen molar-refractivity contribution in [3.8, 4) is 29.0 Å². The quantitative estimate of drug-likeness (QED) is 0.380. The van der Waals surface area contributed by atoms with Gasteiger partial charge in [0.05, 0.1) is 28.2 Å². The van der Waals surface area contributed by atoms with E-state index >= 15 is 0 Å². The number of phenolic OH excluding ortho intramolecular Hbond substituents is 1. The molecule has 1 aliphatic rings. The van der Waals surface area contributed by atoms with Crippen LogP contribution in [0, 0.1) is 11.8 Å². The molecule has 0 saturated carbocycles. The van der Waals surface area contributed by atoms with Crippen LogP contribution in [0.1, 0.15) is 4.88 Å². The lowest BCUT2D eigenvalue weighted by Crippen LogP contribution is -2.48. The number of nitrogens with zero attached hydrogens (tertiary/aromatic N) is 4. The van der Waals surface area contributed by atoms with E-state index in [1.54, 1.807) is 23.1 Å². The summed E-state index contributed by atoms with van der Waals surface area (Å²) in [6.07, 6.45) is 1.36. The van der Waals surface area contributed by atoms with Gasteiger partial charge in [-0.15, -0.1) is 11.3 Å². The van der Waals surface area contributed by atoms with Crippen LogP contribution in [0.3, 0.4) is 0 Å². The van der Waals surface area contributed by atoms with Gasteiger partial charge in [-0.05, 0) is 24.3 Å². The number of aromatic nitrogens is 2. The van der Waals surface area contributed by atoms with Crippen LogP contribution >= 0.6 is 11.3 Å². The summed E-state index contributed by atoms with van der Waals surface area (Å²) in [6.45, 7) is 7.45. The Hall–Kier alpha value is -3.45. The number of anilines is 1. The third-order valence-electron chi connectivity index (χ3n) is 5.25. The van der Waals surface area contributed by atoms with Crippen molar-refractivity contribution in [3.05, 3.63) is 47.9 Å². The van der Waals surface area contributed by atoms with E-state index in [-0.39, 0.29) is 18.3 Å². The van der Waals surface area contributed by atoms with Gasteiger partial charge in [0, 0.05) is 38.3 Å². The number of aliphatic hydroxyl groups excluding tert-OH is 1. The van der Waals surface area contributed by atoms with Gasteiger partial charge in [-0.3, -0.25) is 9.69 Å².